The summed E-state index contributed by atoms with van der Waals surface area (Å²) in [4.78, 5) is 52.6. The number of nitrogens with zero attached hydrogens (tertiary/aromatic N) is 2. The lowest BCUT2D eigenvalue weighted by Gasteiger charge is -2.33. The van der Waals surface area contributed by atoms with Gasteiger partial charge in [0, 0.05) is 22.3 Å². The summed E-state index contributed by atoms with van der Waals surface area (Å²) < 4.78 is 54.5. The van der Waals surface area contributed by atoms with Crippen molar-refractivity contribution in [1.29, 1.82) is 0 Å². The van der Waals surface area contributed by atoms with Crippen molar-refractivity contribution in [2.45, 2.75) is 37.6 Å². The molecule has 36 heavy (non-hydrogen) atoms. The van der Waals surface area contributed by atoms with Gasteiger partial charge in [-0.15, -0.1) is 0 Å². The van der Waals surface area contributed by atoms with Gasteiger partial charge in [0.2, 0.25) is 11.8 Å². The molecule has 2 atom stereocenters. The van der Waals surface area contributed by atoms with Crippen LogP contribution in [0.5, 0.6) is 0 Å². The summed E-state index contributed by atoms with van der Waals surface area (Å²) in [6, 6.07) is 5.94. The van der Waals surface area contributed by atoms with Gasteiger partial charge in [0.25, 0.3) is 5.91 Å². The molecule has 1 saturated heterocycles. The van der Waals surface area contributed by atoms with Crippen LogP contribution < -0.4 is 10.6 Å². The smallest absolute Gasteiger partial charge is 0.326 e. The fourth-order valence-electron chi connectivity index (χ4n) is 4.22. The van der Waals surface area contributed by atoms with Crippen molar-refractivity contribution in [2.24, 2.45) is 0 Å². The van der Waals surface area contributed by atoms with E-state index in [0.29, 0.717) is 14.3 Å². The molecule has 13 heteroatoms. The van der Waals surface area contributed by atoms with Crippen LogP contribution in [0.2, 0.25) is 0 Å². The summed E-state index contributed by atoms with van der Waals surface area (Å²) in [6.45, 7) is -0.746. The molecule has 0 bridgehead atoms. The van der Waals surface area contributed by atoms with Crippen LogP contribution in [0, 0.1) is 5.82 Å². The highest BCUT2D eigenvalue weighted by Gasteiger charge is 2.57. The van der Waals surface area contributed by atoms with Crippen LogP contribution in [0.25, 0.3) is 0 Å². The van der Waals surface area contributed by atoms with E-state index in [2.05, 4.69) is 26.6 Å². The van der Waals surface area contributed by atoms with Gasteiger partial charge in [0.05, 0.1) is 6.42 Å². The van der Waals surface area contributed by atoms with Gasteiger partial charge in [-0.05, 0) is 36.8 Å². The Morgan fingerprint density at radius 1 is 1.17 bits per heavy atom. The van der Waals surface area contributed by atoms with Crippen molar-refractivity contribution in [1.82, 2.24) is 15.1 Å². The molecular formula is C23H19BrF4N4O4. The van der Waals surface area contributed by atoms with E-state index in [1.165, 1.54) is 24.3 Å². The van der Waals surface area contributed by atoms with Crippen LogP contribution in [-0.2, 0) is 26.5 Å². The van der Waals surface area contributed by atoms with E-state index in [0.717, 1.165) is 19.1 Å². The second-order valence-electron chi connectivity index (χ2n) is 8.51. The highest BCUT2D eigenvalue weighted by molar-refractivity contribution is 9.10. The second-order valence-corrected chi connectivity index (χ2v) is 9.42. The molecule has 0 aromatic heterocycles. The van der Waals surface area contributed by atoms with Gasteiger partial charge >= 0.3 is 12.2 Å². The number of benzene rings is 2. The highest BCUT2D eigenvalue weighted by Crippen LogP contribution is 2.41. The third-order valence-electron chi connectivity index (χ3n) is 6.14. The van der Waals surface area contributed by atoms with E-state index in [1.807, 2.05) is 0 Å². The summed E-state index contributed by atoms with van der Waals surface area (Å²) in [5.74, 6) is -3.25. The molecule has 1 fully saturated rings. The number of carbonyl (C=O) groups excluding carboxylic acids is 4. The summed E-state index contributed by atoms with van der Waals surface area (Å²) >= 11 is 3.26. The van der Waals surface area contributed by atoms with Gasteiger partial charge in [-0.25, -0.2) is 9.18 Å². The minimum atomic E-state index is -4.80. The van der Waals surface area contributed by atoms with Crippen LogP contribution in [0.1, 0.15) is 24.5 Å². The SMILES string of the molecule is CC(N(Cc1ccc(F)cc1)C(=O)CN1C(=O)NC2(CC(=O)Nc3cc(Br)ccc32)C1=O)C(F)(F)F. The molecule has 2 aliphatic heterocycles. The summed E-state index contributed by atoms with van der Waals surface area (Å²) in [7, 11) is 0. The number of rotatable bonds is 5. The first-order valence-corrected chi connectivity index (χ1v) is 11.5. The topological polar surface area (TPSA) is 98.8 Å². The Labute approximate surface area is 210 Å². The number of fused-ring (bicyclic) bond motifs is 2. The number of carbonyl (C=O) groups is 4. The number of alkyl halides is 3. The quantitative estimate of drug-likeness (QED) is 0.423. The lowest BCUT2D eigenvalue weighted by molar-refractivity contribution is -0.187. The third kappa shape index (κ3) is 4.66. The average Bonchev–Trinajstić information content (AvgIpc) is 3.01. The molecule has 2 aromatic carbocycles. The summed E-state index contributed by atoms with van der Waals surface area (Å²) in [5, 5.41) is 5.07. The van der Waals surface area contributed by atoms with Crippen molar-refractivity contribution >= 4 is 45.4 Å². The van der Waals surface area contributed by atoms with Crippen molar-refractivity contribution in [3.63, 3.8) is 0 Å². The lowest BCUT2D eigenvalue weighted by atomic mass is 9.82. The van der Waals surface area contributed by atoms with Crippen molar-refractivity contribution < 1.29 is 36.7 Å². The average molecular weight is 571 g/mol. The number of urea groups is 1. The first-order chi connectivity index (χ1) is 16.8. The van der Waals surface area contributed by atoms with Gasteiger partial charge in [-0.1, -0.05) is 34.1 Å². The van der Waals surface area contributed by atoms with E-state index in [9.17, 15) is 36.7 Å². The molecule has 2 aromatic rings. The van der Waals surface area contributed by atoms with E-state index >= 15 is 0 Å². The maximum absolute atomic E-state index is 13.6. The number of imide groups is 1. The number of hydrogen-bond donors (Lipinski definition) is 2. The zero-order chi connectivity index (χ0) is 26.4. The molecular weight excluding hydrogens is 552 g/mol. The molecule has 2 heterocycles. The number of hydrogen-bond acceptors (Lipinski definition) is 4. The van der Waals surface area contributed by atoms with E-state index < -0.39 is 66.8 Å². The third-order valence-corrected chi connectivity index (χ3v) is 6.63. The molecule has 5 amide bonds. The predicted molar refractivity (Wildman–Crippen MR) is 122 cm³/mol. The van der Waals surface area contributed by atoms with Crippen molar-refractivity contribution in [3.05, 3.63) is 63.9 Å². The zero-order valence-electron chi connectivity index (χ0n) is 18.7. The molecule has 2 unspecified atom stereocenters. The molecule has 190 valence electrons. The standard InChI is InChI=1S/C23H19BrF4N4O4/c1-12(23(26,27)28)31(10-13-2-5-15(25)6-3-13)19(34)11-32-20(35)22(30-21(32)36)9-18(33)29-17-8-14(24)4-7-16(17)22/h2-8,12H,9-11H2,1H3,(H,29,33)(H,30,36). The Bertz CT molecular complexity index is 1250. The van der Waals surface area contributed by atoms with Crippen LogP contribution in [0.4, 0.5) is 28.0 Å². The van der Waals surface area contributed by atoms with Gasteiger partial charge in [0.15, 0.2) is 5.54 Å². The molecule has 2 N–H and O–H groups in total. The Hall–Kier alpha value is -3.48. The van der Waals surface area contributed by atoms with Crippen LogP contribution in [0.3, 0.4) is 0 Å². The van der Waals surface area contributed by atoms with Crippen LogP contribution in [-0.4, -0.2) is 52.3 Å². The van der Waals surface area contributed by atoms with Crippen molar-refractivity contribution in [3.8, 4) is 0 Å². The molecule has 0 aliphatic carbocycles. The largest absolute Gasteiger partial charge is 0.408 e. The van der Waals surface area contributed by atoms with E-state index in [-0.39, 0.29) is 16.8 Å². The van der Waals surface area contributed by atoms with Gasteiger partial charge in [0.1, 0.15) is 18.4 Å². The Morgan fingerprint density at radius 2 is 1.83 bits per heavy atom. The maximum atomic E-state index is 13.6. The zero-order valence-corrected chi connectivity index (χ0v) is 20.2. The van der Waals surface area contributed by atoms with Gasteiger partial charge < -0.3 is 15.5 Å². The first kappa shape index (κ1) is 25.6. The fraction of sp³-hybridized carbons (Fsp3) is 0.304. The fourth-order valence-corrected chi connectivity index (χ4v) is 4.59. The predicted octanol–water partition coefficient (Wildman–Crippen LogP) is 3.66. The molecule has 4 rings (SSSR count). The lowest BCUT2D eigenvalue weighted by Crippen LogP contribution is -2.52. The number of nitrogens with one attached hydrogen (secondary N) is 2. The Balaban J connectivity index is 1.63. The highest BCUT2D eigenvalue weighted by atomic mass is 79.9. The number of anilines is 1. The molecule has 0 saturated carbocycles. The minimum absolute atomic E-state index is 0.220. The van der Waals surface area contributed by atoms with Crippen molar-refractivity contribution in [2.75, 3.05) is 11.9 Å². The molecule has 1 spiro atoms. The number of halogens is 5. The van der Waals surface area contributed by atoms with E-state index in [1.54, 1.807) is 6.07 Å². The Kier molecular flexibility index (Phi) is 6.54. The van der Waals surface area contributed by atoms with Gasteiger partial charge in [-0.3, -0.25) is 19.3 Å². The molecule has 2 aliphatic rings. The second kappa shape index (κ2) is 9.19. The summed E-state index contributed by atoms with van der Waals surface area (Å²) in [6.07, 6.45) is -5.25. The monoisotopic (exact) mass is 570 g/mol. The summed E-state index contributed by atoms with van der Waals surface area (Å²) in [5.41, 5.74) is -1.03. The molecule has 0 radical (unpaired) electrons. The Morgan fingerprint density at radius 3 is 2.47 bits per heavy atom. The normalized spacial score (nSPS) is 20.2. The first-order valence-electron chi connectivity index (χ1n) is 10.7. The van der Waals surface area contributed by atoms with Gasteiger partial charge in [-0.2, -0.15) is 13.2 Å². The molecule has 8 nitrogen and oxygen atoms in total. The minimum Gasteiger partial charge on any atom is -0.326 e. The van der Waals surface area contributed by atoms with Crippen LogP contribution >= 0.6 is 15.9 Å². The van der Waals surface area contributed by atoms with E-state index in [4.69, 9.17) is 0 Å². The number of amides is 5. The van der Waals surface area contributed by atoms with Crippen LogP contribution in [0.15, 0.2) is 46.9 Å². The maximum Gasteiger partial charge on any atom is 0.408 e.